The second kappa shape index (κ2) is 4.99. The lowest BCUT2D eigenvalue weighted by Crippen LogP contribution is -2.38. The third-order valence-electron chi connectivity index (χ3n) is 2.03. The lowest BCUT2D eigenvalue weighted by molar-refractivity contribution is -0.124. The Kier molecular flexibility index (Phi) is 3.92. The molecule has 0 aliphatic heterocycles. The highest BCUT2D eigenvalue weighted by atomic mass is 32.2. The first-order valence-corrected chi connectivity index (χ1v) is 5.27. The molecule has 1 heterocycles. The van der Waals surface area contributed by atoms with Gasteiger partial charge in [-0.15, -0.1) is 5.10 Å². The molecule has 0 bridgehead atoms. The first kappa shape index (κ1) is 11.8. The molecule has 7 nitrogen and oxygen atoms in total. The molecule has 8 heteroatoms. The van der Waals surface area contributed by atoms with Gasteiger partial charge < -0.3 is 5.73 Å². The zero-order valence-corrected chi connectivity index (χ0v) is 9.34. The van der Waals surface area contributed by atoms with Crippen molar-refractivity contribution >= 4 is 23.6 Å². The van der Waals surface area contributed by atoms with E-state index in [4.69, 9.17) is 11.6 Å². The number of carbonyl (C=O) groups excluding carboxylic acids is 1. The molecule has 0 fully saturated rings. The molecular formula is C7H14N6OS. The van der Waals surface area contributed by atoms with Crippen molar-refractivity contribution in [1.29, 1.82) is 0 Å². The third-order valence-corrected chi connectivity index (χ3v) is 3.21. The molecule has 0 radical (unpaired) electrons. The molecule has 1 rings (SSSR count). The van der Waals surface area contributed by atoms with Crippen LogP contribution in [0.5, 0.6) is 0 Å². The van der Waals surface area contributed by atoms with E-state index in [1.807, 2.05) is 6.92 Å². The van der Waals surface area contributed by atoms with Gasteiger partial charge in [0.1, 0.15) is 0 Å². The molecule has 0 aromatic carbocycles. The minimum absolute atomic E-state index is 0.0174. The standard InChI is InChI=1S/C7H14N6OS/c1-3(5(14)11-9)4(2)15-7-10-6(8)12-13-7/h3-4H,9H2,1-2H3,(H,11,14)(H3,8,10,12,13). The smallest absolute Gasteiger partial charge is 0.237 e. The number of nitrogens with zero attached hydrogens (tertiary/aromatic N) is 2. The van der Waals surface area contributed by atoms with E-state index in [1.165, 1.54) is 11.8 Å². The van der Waals surface area contributed by atoms with Crippen molar-refractivity contribution in [2.45, 2.75) is 24.3 Å². The summed E-state index contributed by atoms with van der Waals surface area (Å²) in [6.45, 7) is 3.69. The Bertz CT molecular complexity index is 340. The minimum Gasteiger partial charge on any atom is -0.368 e. The number of hydrogen-bond acceptors (Lipinski definition) is 6. The van der Waals surface area contributed by atoms with Gasteiger partial charge in [0.15, 0.2) is 0 Å². The van der Waals surface area contributed by atoms with Gasteiger partial charge in [0, 0.05) is 11.2 Å². The van der Waals surface area contributed by atoms with Crippen LogP contribution in [0.2, 0.25) is 0 Å². The average Bonchev–Trinajstić information content (AvgIpc) is 2.61. The number of hydrazine groups is 1. The molecule has 0 spiro atoms. The molecular weight excluding hydrogens is 216 g/mol. The topological polar surface area (TPSA) is 123 Å². The number of thioether (sulfide) groups is 1. The van der Waals surface area contributed by atoms with Crippen LogP contribution in [0, 0.1) is 5.92 Å². The molecule has 0 aliphatic carbocycles. The third kappa shape index (κ3) is 3.10. The largest absolute Gasteiger partial charge is 0.368 e. The Labute approximate surface area is 91.4 Å². The fourth-order valence-electron chi connectivity index (χ4n) is 0.924. The van der Waals surface area contributed by atoms with Gasteiger partial charge in [-0.2, -0.15) is 4.98 Å². The molecule has 2 unspecified atom stereocenters. The number of carbonyl (C=O) groups is 1. The van der Waals surface area contributed by atoms with Gasteiger partial charge in [-0.25, -0.2) is 10.9 Å². The first-order chi connectivity index (χ1) is 7.04. The van der Waals surface area contributed by atoms with Gasteiger partial charge in [-0.05, 0) is 0 Å². The first-order valence-electron chi connectivity index (χ1n) is 4.39. The van der Waals surface area contributed by atoms with E-state index in [9.17, 15) is 4.79 Å². The van der Waals surface area contributed by atoms with Crippen molar-refractivity contribution < 1.29 is 4.79 Å². The van der Waals surface area contributed by atoms with Crippen LogP contribution >= 0.6 is 11.8 Å². The van der Waals surface area contributed by atoms with Gasteiger partial charge in [0.25, 0.3) is 0 Å². The molecule has 1 amide bonds. The molecule has 6 N–H and O–H groups in total. The van der Waals surface area contributed by atoms with Crippen molar-refractivity contribution in [3.63, 3.8) is 0 Å². The van der Waals surface area contributed by atoms with Crippen LogP contribution < -0.4 is 17.0 Å². The van der Waals surface area contributed by atoms with Gasteiger partial charge in [0.2, 0.25) is 17.0 Å². The Hall–Kier alpha value is -1.28. The van der Waals surface area contributed by atoms with Crippen LogP contribution in [0.3, 0.4) is 0 Å². The van der Waals surface area contributed by atoms with Crippen LogP contribution in [0.1, 0.15) is 13.8 Å². The molecule has 0 saturated carbocycles. The van der Waals surface area contributed by atoms with Crippen molar-refractivity contribution in [1.82, 2.24) is 20.6 Å². The van der Waals surface area contributed by atoms with E-state index in [-0.39, 0.29) is 23.0 Å². The van der Waals surface area contributed by atoms with Crippen LogP contribution in [-0.2, 0) is 4.79 Å². The Balaban J connectivity index is 2.55. The summed E-state index contributed by atoms with van der Waals surface area (Å²) in [4.78, 5) is 15.2. The summed E-state index contributed by atoms with van der Waals surface area (Å²) in [6.07, 6.45) is 0. The summed E-state index contributed by atoms with van der Waals surface area (Å²) in [5.74, 6) is 4.87. The number of nitrogen functional groups attached to an aromatic ring is 1. The maximum atomic E-state index is 11.2. The Morgan fingerprint density at radius 3 is 2.73 bits per heavy atom. The van der Waals surface area contributed by atoms with Gasteiger partial charge in [0.05, 0.1) is 0 Å². The van der Waals surface area contributed by atoms with Crippen LogP contribution in [0.15, 0.2) is 5.16 Å². The second-order valence-corrected chi connectivity index (χ2v) is 4.47. The molecule has 15 heavy (non-hydrogen) atoms. The van der Waals surface area contributed by atoms with Crippen LogP contribution in [-0.4, -0.2) is 26.3 Å². The van der Waals surface area contributed by atoms with Crippen molar-refractivity contribution in [3.05, 3.63) is 0 Å². The molecule has 0 saturated heterocycles. The molecule has 1 aromatic rings. The fourth-order valence-corrected chi connectivity index (χ4v) is 1.83. The van der Waals surface area contributed by atoms with Crippen molar-refractivity contribution in [2.24, 2.45) is 11.8 Å². The summed E-state index contributed by atoms with van der Waals surface area (Å²) in [5.41, 5.74) is 7.49. The van der Waals surface area contributed by atoms with E-state index in [1.54, 1.807) is 6.92 Å². The maximum absolute atomic E-state index is 11.2. The quantitative estimate of drug-likeness (QED) is 0.239. The number of nitrogens with one attached hydrogen (secondary N) is 2. The zero-order valence-electron chi connectivity index (χ0n) is 8.52. The summed E-state index contributed by atoms with van der Waals surface area (Å²) < 4.78 is 0. The number of H-pyrrole nitrogens is 1. The summed E-state index contributed by atoms with van der Waals surface area (Å²) in [5, 5.41) is 6.93. The second-order valence-electron chi connectivity index (χ2n) is 3.12. The fraction of sp³-hybridized carbons (Fsp3) is 0.571. The predicted octanol–water partition coefficient (Wildman–Crippen LogP) is -0.506. The van der Waals surface area contributed by atoms with Gasteiger partial charge >= 0.3 is 0 Å². The van der Waals surface area contributed by atoms with Crippen molar-refractivity contribution in [3.8, 4) is 0 Å². The van der Waals surface area contributed by atoms with E-state index >= 15 is 0 Å². The lowest BCUT2D eigenvalue weighted by atomic mass is 10.1. The van der Waals surface area contributed by atoms with Crippen LogP contribution in [0.25, 0.3) is 0 Å². The summed E-state index contributed by atoms with van der Waals surface area (Å²) in [7, 11) is 0. The van der Waals surface area contributed by atoms with Gasteiger partial charge in [-0.1, -0.05) is 25.6 Å². The number of rotatable bonds is 4. The van der Waals surface area contributed by atoms with Crippen molar-refractivity contribution in [2.75, 3.05) is 5.73 Å². The monoisotopic (exact) mass is 230 g/mol. The van der Waals surface area contributed by atoms with Crippen LogP contribution in [0.4, 0.5) is 5.95 Å². The number of aromatic amines is 1. The van der Waals surface area contributed by atoms with Gasteiger partial charge in [-0.3, -0.25) is 10.2 Å². The maximum Gasteiger partial charge on any atom is 0.237 e. The highest BCUT2D eigenvalue weighted by molar-refractivity contribution is 7.99. The highest BCUT2D eigenvalue weighted by Gasteiger charge is 2.21. The number of aromatic nitrogens is 3. The lowest BCUT2D eigenvalue weighted by Gasteiger charge is -2.15. The Morgan fingerprint density at radius 2 is 2.27 bits per heavy atom. The summed E-state index contributed by atoms with van der Waals surface area (Å²) >= 11 is 1.37. The molecule has 1 aromatic heterocycles. The average molecular weight is 230 g/mol. The number of nitrogens with two attached hydrogens (primary N) is 2. The van der Waals surface area contributed by atoms with E-state index in [0.29, 0.717) is 5.16 Å². The zero-order chi connectivity index (χ0) is 11.4. The summed E-state index contributed by atoms with van der Waals surface area (Å²) in [6, 6.07) is 0. The molecule has 84 valence electrons. The number of hydrogen-bond donors (Lipinski definition) is 4. The van der Waals surface area contributed by atoms with E-state index < -0.39 is 0 Å². The highest BCUT2D eigenvalue weighted by Crippen LogP contribution is 2.25. The normalized spacial score (nSPS) is 14.6. The number of amides is 1. The van der Waals surface area contributed by atoms with E-state index in [0.717, 1.165) is 0 Å². The molecule has 0 aliphatic rings. The molecule has 2 atom stereocenters. The number of anilines is 1. The Morgan fingerprint density at radius 1 is 1.60 bits per heavy atom. The van der Waals surface area contributed by atoms with E-state index in [2.05, 4.69) is 20.6 Å². The predicted molar refractivity (Wildman–Crippen MR) is 57.6 cm³/mol. The SMILES string of the molecule is CC(Sc1n[nH]c(N)n1)C(C)C(=O)NN. The minimum atomic E-state index is -0.222.